The molecular weight excluding hydrogens is 314 g/mol. The van der Waals surface area contributed by atoms with Crippen molar-refractivity contribution in [3.05, 3.63) is 34.8 Å². The van der Waals surface area contributed by atoms with Crippen molar-refractivity contribution < 1.29 is 0 Å². The molecule has 3 aromatic rings. The fourth-order valence-corrected chi connectivity index (χ4v) is 2.79. The Hall–Kier alpha value is -1.47. The van der Waals surface area contributed by atoms with Crippen LogP contribution in [0, 0.1) is 0 Å². The van der Waals surface area contributed by atoms with Gasteiger partial charge in [0.2, 0.25) is 0 Å². The fourth-order valence-electron chi connectivity index (χ4n) is 1.60. The van der Waals surface area contributed by atoms with E-state index >= 15 is 0 Å². The summed E-state index contributed by atoms with van der Waals surface area (Å²) < 4.78 is 4.09. The molecule has 0 aliphatic carbocycles. The van der Waals surface area contributed by atoms with Crippen molar-refractivity contribution in [2.75, 3.05) is 5.32 Å². The van der Waals surface area contributed by atoms with Crippen LogP contribution in [0.25, 0.3) is 10.2 Å². The molecule has 3 rings (SSSR count). The lowest BCUT2D eigenvalue weighted by Crippen LogP contribution is -2.05. The minimum atomic E-state index is 0.623. The molecule has 0 spiro atoms. The summed E-state index contributed by atoms with van der Waals surface area (Å²) in [5.74, 6) is 0.885. The molecule has 18 heavy (non-hydrogen) atoms. The summed E-state index contributed by atoms with van der Waals surface area (Å²) in [6, 6.07) is 6.09. The van der Waals surface area contributed by atoms with E-state index in [2.05, 4.69) is 42.5 Å². The van der Waals surface area contributed by atoms with E-state index < -0.39 is 0 Å². The summed E-state index contributed by atoms with van der Waals surface area (Å²) in [4.78, 5) is 4.52. The molecule has 0 unspecified atom stereocenters. The molecule has 2 aromatic heterocycles. The Kier molecular flexibility index (Phi) is 3.00. The number of nitrogens with zero attached hydrogens (tertiary/aromatic N) is 4. The van der Waals surface area contributed by atoms with E-state index in [1.807, 2.05) is 23.7 Å². The number of halogens is 1. The van der Waals surface area contributed by atoms with Gasteiger partial charge in [-0.15, -0.1) is 10.2 Å². The molecule has 5 nitrogen and oxygen atoms in total. The maximum atomic E-state index is 4.52. The maximum absolute atomic E-state index is 4.52. The number of nitrogens with one attached hydrogen (secondary N) is 1. The molecule has 0 aliphatic heterocycles. The summed E-state index contributed by atoms with van der Waals surface area (Å²) in [7, 11) is 1.92. The van der Waals surface area contributed by atoms with Crippen LogP contribution in [0.1, 0.15) is 5.82 Å². The summed E-state index contributed by atoms with van der Waals surface area (Å²) in [6.07, 6.45) is 1.69. The van der Waals surface area contributed by atoms with Crippen LogP contribution in [-0.4, -0.2) is 19.7 Å². The number of hydrogen-bond acceptors (Lipinski definition) is 5. The van der Waals surface area contributed by atoms with Gasteiger partial charge in [-0.05, 0) is 18.2 Å². The largest absolute Gasteiger partial charge is 0.354 e. The minimum Gasteiger partial charge on any atom is -0.354 e. The molecule has 0 atom stereocenters. The van der Waals surface area contributed by atoms with Crippen LogP contribution in [0.15, 0.2) is 29.0 Å². The first-order chi connectivity index (χ1) is 8.72. The highest BCUT2D eigenvalue weighted by molar-refractivity contribution is 9.10. The van der Waals surface area contributed by atoms with Crippen molar-refractivity contribution in [2.24, 2.45) is 7.05 Å². The van der Waals surface area contributed by atoms with Crippen LogP contribution >= 0.6 is 27.3 Å². The molecule has 0 saturated heterocycles. The summed E-state index contributed by atoms with van der Waals surface area (Å²) in [6.45, 7) is 0.623. The average molecular weight is 324 g/mol. The van der Waals surface area contributed by atoms with Crippen molar-refractivity contribution >= 4 is 42.6 Å². The highest BCUT2D eigenvalue weighted by Gasteiger charge is 2.05. The van der Waals surface area contributed by atoms with Gasteiger partial charge in [-0.3, -0.25) is 0 Å². The van der Waals surface area contributed by atoms with Crippen LogP contribution < -0.4 is 5.32 Å². The second-order valence-corrected chi connectivity index (χ2v) is 5.79. The number of fused-ring (bicyclic) bond motifs is 1. The number of thiazole rings is 1. The lowest BCUT2D eigenvalue weighted by atomic mass is 10.3. The van der Waals surface area contributed by atoms with Crippen molar-refractivity contribution in [3.63, 3.8) is 0 Å². The Morgan fingerprint density at radius 3 is 3.11 bits per heavy atom. The summed E-state index contributed by atoms with van der Waals surface area (Å²) >= 11 is 5.08. The van der Waals surface area contributed by atoms with Gasteiger partial charge < -0.3 is 9.88 Å². The van der Waals surface area contributed by atoms with Gasteiger partial charge in [0, 0.05) is 11.5 Å². The van der Waals surface area contributed by atoms with Gasteiger partial charge in [0.25, 0.3) is 0 Å². The molecule has 1 N–H and O–H groups in total. The standard InChI is InChI=1S/C11H10BrN5S/c1-17-6-14-16-10(17)5-13-11-15-8-4-7(12)2-3-9(8)18-11/h2-4,6H,5H2,1H3,(H,13,15). The van der Waals surface area contributed by atoms with Crippen LogP contribution in [0.3, 0.4) is 0 Å². The second kappa shape index (κ2) is 4.66. The second-order valence-electron chi connectivity index (χ2n) is 3.84. The van der Waals surface area contributed by atoms with E-state index in [0.717, 1.165) is 20.9 Å². The lowest BCUT2D eigenvalue weighted by Gasteiger charge is -2.00. The molecule has 0 amide bonds. The third-order valence-electron chi connectivity index (χ3n) is 2.55. The van der Waals surface area contributed by atoms with Gasteiger partial charge in [-0.25, -0.2) is 4.98 Å². The van der Waals surface area contributed by atoms with Gasteiger partial charge in [0.1, 0.15) is 6.33 Å². The van der Waals surface area contributed by atoms with Gasteiger partial charge in [0.05, 0.1) is 16.8 Å². The smallest absolute Gasteiger partial charge is 0.184 e. The van der Waals surface area contributed by atoms with Gasteiger partial charge in [-0.1, -0.05) is 27.3 Å². The topological polar surface area (TPSA) is 55.6 Å². The van der Waals surface area contributed by atoms with E-state index in [-0.39, 0.29) is 0 Å². The number of anilines is 1. The zero-order valence-electron chi connectivity index (χ0n) is 9.59. The van der Waals surface area contributed by atoms with Gasteiger partial charge >= 0.3 is 0 Å². The quantitative estimate of drug-likeness (QED) is 0.805. The van der Waals surface area contributed by atoms with Crippen molar-refractivity contribution in [1.82, 2.24) is 19.7 Å². The zero-order valence-corrected chi connectivity index (χ0v) is 12.0. The lowest BCUT2D eigenvalue weighted by molar-refractivity contribution is 0.812. The zero-order chi connectivity index (χ0) is 12.5. The minimum absolute atomic E-state index is 0.623. The molecule has 0 radical (unpaired) electrons. The highest BCUT2D eigenvalue weighted by atomic mass is 79.9. The van der Waals surface area contributed by atoms with Crippen molar-refractivity contribution in [1.29, 1.82) is 0 Å². The monoisotopic (exact) mass is 323 g/mol. The first kappa shape index (κ1) is 11.6. The third kappa shape index (κ3) is 2.23. The average Bonchev–Trinajstić information content (AvgIpc) is 2.92. The number of aryl methyl sites for hydroxylation is 1. The first-order valence-corrected chi connectivity index (χ1v) is 6.96. The number of aromatic nitrogens is 4. The molecule has 7 heteroatoms. The molecular formula is C11H10BrN5S. The molecule has 1 aromatic carbocycles. The molecule has 0 bridgehead atoms. The van der Waals surface area contributed by atoms with Gasteiger partial charge in [-0.2, -0.15) is 0 Å². The number of benzene rings is 1. The van der Waals surface area contributed by atoms with E-state index in [1.165, 1.54) is 4.70 Å². The van der Waals surface area contributed by atoms with Crippen LogP contribution in [0.5, 0.6) is 0 Å². The van der Waals surface area contributed by atoms with Crippen LogP contribution in [-0.2, 0) is 13.6 Å². The Morgan fingerprint density at radius 1 is 1.44 bits per heavy atom. The van der Waals surface area contributed by atoms with Crippen molar-refractivity contribution in [3.8, 4) is 0 Å². The van der Waals surface area contributed by atoms with E-state index in [4.69, 9.17) is 0 Å². The number of rotatable bonds is 3. The molecule has 2 heterocycles. The Morgan fingerprint density at radius 2 is 2.33 bits per heavy atom. The summed E-state index contributed by atoms with van der Waals surface area (Å²) in [5, 5.41) is 12.0. The van der Waals surface area contributed by atoms with Crippen LogP contribution in [0.2, 0.25) is 0 Å². The number of hydrogen-bond donors (Lipinski definition) is 1. The molecule has 0 fully saturated rings. The van der Waals surface area contributed by atoms with E-state index in [0.29, 0.717) is 6.54 Å². The Bertz CT molecular complexity index is 690. The predicted octanol–water partition coefficient (Wildman–Crippen LogP) is 2.80. The van der Waals surface area contributed by atoms with Gasteiger partial charge in [0.15, 0.2) is 11.0 Å². The third-order valence-corrected chi connectivity index (χ3v) is 4.04. The highest BCUT2D eigenvalue weighted by Crippen LogP contribution is 2.28. The fraction of sp³-hybridized carbons (Fsp3) is 0.182. The molecule has 0 saturated carbocycles. The van der Waals surface area contributed by atoms with Crippen LogP contribution in [0.4, 0.5) is 5.13 Å². The Labute approximate surface area is 116 Å². The van der Waals surface area contributed by atoms with Crippen molar-refractivity contribution in [2.45, 2.75) is 6.54 Å². The maximum Gasteiger partial charge on any atom is 0.184 e. The first-order valence-electron chi connectivity index (χ1n) is 5.35. The molecule has 0 aliphatic rings. The predicted molar refractivity (Wildman–Crippen MR) is 75.6 cm³/mol. The Balaban J connectivity index is 1.81. The molecule has 92 valence electrons. The van der Waals surface area contributed by atoms with E-state index in [1.54, 1.807) is 17.7 Å². The summed E-state index contributed by atoms with van der Waals surface area (Å²) in [5.41, 5.74) is 0.995. The normalized spacial score (nSPS) is 11.0. The SMILES string of the molecule is Cn1cnnc1CNc1nc2cc(Br)ccc2s1. The van der Waals surface area contributed by atoms with E-state index in [9.17, 15) is 0 Å².